The maximum atomic E-state index is 11.3. The fraction of sp³-hybridized carbons (Fsp3) is 0.917. The number of methoxy groups -OCH3 is 1. The molecule has 0 saturated heterocycles. The average Bonchev–Trinajstić information content (AvgIpc) is 2.36. The molecule has 0 aromatic rings. The molecule has 0 rings (SSSR count). The summed E-state index contributed by atoms with van der Waals surface area (Å²) in [7, 11) is 1.62. The van der Waals surface area contributed by atoms with E-state index in [4.69, 9.17) is 24.7 Å². The second-order valence-corrected chi connectivity index (χ2v) is 3.78. The molecule has 0 aliphatic carbocycles. The van der Waals surface area contributed by atoms with E-state index in [0.717, 1.165) is 6.42 Å². The van der Waals surface area contributed by atoms with Crippen molar-refractivity contribution in [2.24, 2.45) is 5.73 Å². The second-order valence-electron chi connectivity index (χ2n) is 3.78. The van der Waals surface area contributed by atoms with Crippen LogP contribution in [0.5, 0.6) is 0 Å². The molecule has 108 valence electrons. The predicted molar refractivity (Wildman–Crippen MR) is 67.4 cm³/mol. The zero-order valence-corrected chi connectivity index (χ0v) is 11.4. The molecule has 0 radical (unpaired) electrons. The van der Waals surface area contributed by atoms with E-state index in [0.29, 0.717) is 39.5 Å². The van der Waals surface area contributed by atoms with Gasteiger partial charge in [-0.3, -0.25) is 4.79 Å². The second kappa shape index (κ2) is 12.8. The number of hydrogen-bond acceptors (Lipinski definition) is 6. The highest BCUT2D eigenvalue weighted by atomic mass is 16.6. The Bertz CT molecular complexity index is 201. The summed E-state index contributed by atoms with van der Waals surface area (Å²) < 4.78 is 20.2. The standard InChI is InChI=1S/C12H25NO5/c1-3-4-11(13)12(14)18-10-9-17-8-7-16-6-5-15-2/h11H,3-10,13H2,1-2H3/t11-/m1/s1. The lowest BCUT2D eigenvalue weighted by atomic mass is 10.2. The first-order chi connectivity index (χ1) is 8.72. The van der Waals surface area contributed by atoms with E-state index in [1.165, 1.54) is 0 Å². The first-order valence-corrected chi connectivity index (χ1v) is 6.29. The number of carbonyl (C=O) groups excluding carboxylic acids is 1. The van der Waals surface area contributed by atoms with Gasteiger partial charge in [0.15, 0.2) is 0 Å². The first-order valence-electron chi connectivity index (χ1n) is 6.29. The molecule has 0 amide bonds. The van der Waals surface area contributed by atoms with Crippen molar-refractivity contribution in [2.75, 3.05) is 46.8 Å². The lowest BCUT2D eigenvalue weighted by Gasteiger charge is -2.10. The van der Waals surface area contributed by atoms with Crippen LogP contribution in [0.1, 0.15) is 19.8 Å². The number of ether oxygens (including phenoxy) is 4. The van der Waals surface area contributed by atoms with E-state index in [9.17, 15) is 4.79 Å². The Balaban J connectivity index is 3.22. The Morgan fingerprint density at radius 1 is 1.06 bits per heavy atom. The Hall–Kier alpha value is -0.690. The molecular weight excluding hydrogens is 238 g/mol. The summed E-state index contributed by atoms with van der Waals surface area (Å²) >= 11 is 0. The van der Waals surface area contributed by atoms with Crippen LogP contribution in [-0.4, -0.2) is 58.8 Å². The molecule has 0 aromatic carbocycles. The Labute approximate surface area is 109 Å². The van der Waals surface area contributed by atoms with Gasteiger partial charge in [0.1, 0.15) is 12.6 Å². The molecule has 0 bridgehead atoms. The van der Waals surface area contributed by atoms with Crippen LogP contribution in [0.25, 0.3) is 0 Å². The average molecular weight is 263 g/mol. The molecule has 0 fully saturated rings. The van der Waals surface area contributed by atoms with Gasteiger partial charge in [0.2, 0.25) is 0 Å². The molecule has 6 nitrogen and oxygen atoms in total. The number of nitrogens with two attached hydrogens (primary N) is 1. The molecule has 0 aromatic heterocycles. The molecule has 0 spiro atoms. The van der Waals surface area contributed by atoms with Crippen molar-refractivity contribution in [1.82, 2.24) is 0 Å². The van der Waals surface area contributed by atoms with E-state index in [1.54, 1.807) is 7.11 Å². The van der Waals surface area contributed by atoms with E-state index < -0.39 is 6.04 Å². The Morgan fingerprint density at radius 2 is 1.61 bits per heavy atom. The lowest BCUT2D eigenvalue weighted by molar-refractivity contribution is -0.147. The quantitative estimate of drug-likeness (QED) is 0.404. The van der Waals surface area contributed by atoms with Crippen LogP contribution in [0.4, 0.5) is 0 Å². The first kappa shape index (κ1) is 17.3. The molecule has 1 atom stereocenters. The summed E-state index contributed by atoms with van der Waals surface area (Å²) in [5, 5.41) is 0. The maximum Gasteiger partial charge on any atom is 0.322 e. The third-order valence-electron chi connectivity index (χ3n) is 2.18. The van der Waals surface area contributed by atoms with Crippen molar-refractivity contribution in [3.05, 3.63) is 0 Å². The van der Waals surface area contributed by atoms with Crippen LogP contribution in [-0.2, 0) is 23.7 Å². The van der Waals surface area contributed by atoms with Gasteiger partial charge in [-0.05, 0) is 6.42 Å². The van der Waals surface area contributed by atoms with E-state index in [1.807, 2.05) is 6.92 Å². The molecule has 6 heteroatoms. The minimum absolute atomic E-state index is 0.230. The minimum Gasteiger partial charge on any atom is -0.462 e. The largest absolute Gasteiger partial charge is 0.462 e. The lowest BCUT2D eigenvalue weighted by Crippen LogP contribution is -2.32. The topological polar surface area (TPSA) is 80.0 Å². The van der Waals surface area contributed by atoms with Crippen molar-refractivity contribution in [3.63, 3.8) is 0 Å². The van der Waals surface area contributed by atoms with Crippen molar-refractivity contribution < 1.29 is 23.7 Å². The molecule has 0 heterocycles. The van der Waals surface area contributed by atoms with Gasteiger partial charge >= 0.3 is 5.97 Å². The summed E-state index contributed by atoms with van der Waals surface area (Å²) in [6, 6.07) is -0.521. The van der Waals surface area contributed by atoms with Crippen molar-refractivity contribution in [2.45, 2.75) is 25.8 Å². The maximum absolute atomic E-state index is 11.3. The predicted octanol–water partition coefficient (Wildman–Crippen LogP) is 0.337. The van der Waals surface area contributed by atoms with Crippen LogP contribution in [0.2, 0.25) is 0 Å². The zero-order valence-electron chi connectivity index (χ0n) is 11.4. The van der Waals surface area contributed by atoms with Gasteiger partial charge in [-0.15, -0.1) is 0 Å². The molecule has 0 unspecified atom stereocenters. The van der Waals surface area contributed by atoms with Gasteiger partial charge in [-0.1, -0.05) is 13.3 Å². The highest BCUT2D eigenvalue weighted by Gasteiger charge is 2.12. The summed E-state index contributed by atoms with van der Waals surface area (Å²) in [4.78, 5) is 11.3. The van der Waals surface area contributed by atoms with Crippen molar-refractivity contribution in [1.29, 1.82) is 0 Å². The molecule has 0 aliphatic heterocycles. The third-order valence-corrected chi connectivity index (χ3v) is 2.18. The molecule has 18 heavy (non-hydrogen) atoms. The SMILES string of the molecule is CCC[C@@H](N)C(=O)OCCOCCOCCOC. The van der Waals surface area contributed by atoms with Crippen LogP contribution in [0.15, 0.2) is 0 Å². The fourth-order valence-corrected chi connectivity index (χ4v) is 1.20. The van der Waals surface area contributed by atoms with E-state index >= 15 is 0 Å². The van der Waals surface area contributed by atoms with Gasteiger partial charge in [-0.25, -0.2) is 0 Å². The van der Waals surface area contributed by atoms with Gasteiger partial charge < -0.3 is 24.7 Å². The monoisotopic (exact) mass is 263 g/mol. The highest BCUT2D eigenvalue weighted by molar-refractivity contribution is 5.75. The van der Waals surface area contributed by atoms with Crippen molar-refractivity contribution in [3.8, 4) is 0 Å². The molecule has 0 aliphatic rings. The van der Waals surface area contributed by atoms with Crippen LogP contribution in [0, 0.1) is 0 Å². The molecule has 0 saturated carbocycles. The molecule has 2 N–H and O–H groups in total. The Morgan fingerprint density at radius 3 is 2.17 bits per heavy atom. The Kier molecular flexibility index (Phi) is 12.3. The van der Waals surface area contributed by atoms with Crippen LogP contribution in [0.3, 0.4) is 0 Å². The van der Waals surface area contributed by atoms with E-state index in [2.05, 4.69) is 0 Å². The van der Waals surface area contributed by atoms with E-state index in [-0.39, 0.29) is 12.6 Å². The van der Waals surface area contributed by atoms with Crippen LogP contribution < -0.4 is 5.73 Å². The van der Waals surface area contributed by atoms with Gasteiger partial charge in [0.25, 0.3) is 0 Å². The number of hydrogen-bond donors (Lipinski definition) is 1. The van der Waals surface area contributed by atoms with Gasteiger partial charge in [-0.2, -0.15) is 0 Å². The van der Waals surface area contributed by atoms with Gasteiger partial charge in [0, 0.05) is 7.11 Å². The zero-order chi connectivity index (χ0) is 13.6. The number of rotatable bonds is 12. The summed E-state index contributed by atoms with van der Waals surface area (Å²) in [5.41, 5.74) is 5.59. The smallest absolute Gasteiger partial charge is 0.322 e. The summed E-state index contributed by atoms with van der Waals surface area (Å²) in [6.07, 6.45) is 1.51. The minimum atomic E-state index is -0.521. The van der Waals surface area contributed by atoms with Crippen molar-refractivity contribution >= 4 is 5.97 Å². The van der Waals surface area contributed by atoms with Gasteiger partial charge in [0.05, 0.1) is 33.0 Å². The normalized spacial score (nSPS) is 12.4. The van der Waals surface area contributed by atoms with Crippen LogP contribution >= 0.6 is 0 Å². The third kappa shape index (κ3) is 10.5. The fourth-order valence-electron chi connectivity index (χ4n) is 1.20. The number of carbonyl (C=O) groups is 1. The highest BCUT2D eigenvalue weighted by Crippen LogP contribution is 1.95. The number of esters is 1. The molecular formula is C12H25NO5. The summed E-state index contributed by atoms with van der Waals surface area (Å²) in [5.74, 6) is -0.364. The summed E-state index contributed by atoms with van der Waals surface area (Å²) in [6.45, 7) is 4.68.